The molecule has 4 heteroatoms. The maximum Gasteiger partial charge on any atom is 0.306 e. The molecule has 0 bridgehead atoms. The van der Waals surface area contributed by atoms with E-state index in [-0.39, 0.29) is 11.4 Å². The van der Waals surface area contributed by atoms with E-state index in [1.807, 2.05) is 25.1 Å². The predicted octanol–water partition coefficient (Wildman–Crippen LogP) is 3.86. The Morgan fingerprint density at radius 3 is 2.48 bits per heavy atom. The fourth-order valence-electron chi connectivity index (χ4n) is 4.13. The summed E-state index contributed by atoms with van der Waals surface area (Å²) in [5.41, 5.74) is 1.02. The maximum absolute atomic E-state index is 12.1. The van der Waals surface area contributed by atoms with E-state index in [1.165, 1.54) is 18.4 Å². The molecule has 0 heterocycles. The first-order valence-electron chi connectivity index (χ1n) is 8.61. The largest absolute Gasteiger partial charge is 0.466 e. The Kier molecular flexibility index (Phi) is 5.00. The molecule has 3 nitrogen and oxygen atoms in total. The monoisotopic (exact) mass is 331 g/mol. The molecular formula is C19H25NO2S. The Hall–Kier alpha value is -1.42. The maximum atomic E-state index is 12.1. The van der Waals surface area contributed by atoms with Crippen LogP contribution >= 0.6 is 12.2 Å². The smallest absolute Gasteiger partial charge is 0.306 e. The highest BCUT2D eigenvalue weighted by molar-refractivity contribution is 7.80. The highest BCUT2D eigenvalue weighted by Gasteiger charge is 2.52. The van der Waals surface area contributed by atoms with Crippen molar-refractivity contribution in [2.24, 2.45) is 17.3 Å². The number of benzene rings is 1. The lowest BCUT2D eigenvalue weighted by atomic mass is 9.77. The molecule has 2 aliphatic carbocycles. The molecule has 0 spiro atoms. The van der Waals surface area contributed by atoms with E-state index in [0.29, 0.717) is 13.0 Å². The van der Waals surface area contributed by atoms with Gasteiger partial charge in [-0.05, 0) is 50.0 Å². The van der Waals surface area contributed by atoms with Gasteiger partial charge in [0.15, 0.2) is 0 Å². The summed E-state index contributed by atoms with van der Waals surface area (Å²) in [6.07, 6.45) is 5.08. The zero-order chi connectivity index (χ0) is 16.3. The third kappa shape index (κ3) is 3.57. The summed E-state index contributed by atoms with van der Waals surface area (Å²) in [6.45, 7) is 3.01. The van der Waals surface area contributed by atoms with Crippen molar-refractivity contribution in [3.63, 3.8) is 0 Å². The van der Waals surface area contributed by atoms with Gasteiger partial charge < -0.3 is 10.1 Å². The number of carbonyl (C=O) groups excluding carboxylic acids is 1. The molecule has 0 radical (unpaired) electrons. The number of thiocarbonyl (C=S) groups is 1. The van der Waals surface area contributed by atoms with Crippen LogP contribution in [-0.4, -0.2) is 17.6 Å². The summed E-state index contributed by atoms with van der Waals surface area (Å²) in [5.74, 6) is 1.39. The normalized spacial score (nSPS) is 28.6. The minimum absolute atomic E-state index is 0.113. The van der Waals surface area contributed by atoms with Crippen molar-refractivity contribution >= 4 is 23.2 Å². The average Bonchev–Trinajstić information content (AvgIpc) is 2.79. The zero-order valence-electron chi connectivity index (χ0n) is 13.7. The van der Waals surface area contributed by atoms with Gasteiger partial charge in [0, 0.05) is 12.0 Å². The highest BCUT2D eigenvalue weighted by atomic mass is 32.1. The third-order valence-electron chi connectivity index (χ3n) is 5.45. The lowest BCUT2D eigenvalue weighted by Gasteiger charge is -2.30. The molecular weight excluding hydrogens is 306 g/mol. The molecule has 0 unspecified atom stereocenters. The minimum Gasteiger partial charge on any atom is -0.466 e. The molecule has 1 aromatic carbocycles. The number of hydrogen-bond acceptors (Lipinski definition) is 3. The molecule has 124 valence electrons. The van der Waals surface area contributed by atoms with E-state index in [4.69, 9.17) is 17.0 Å². The van der Waals surface area contributed by atoms with Crippen molar-refractivity contribution in [2.45, 2.75) is 45.6 Å². The van der Waals surface area contributed by atoms with Gasteiger partial charge in [-0.2, -0.15) is 0 Å². The van der Waals surface area contributed by atoms with E-state index in [9.17, 15) is 4.79 Å². The van der Waals surface area contributed by atoms with Crippen molar-refractivity contribution in [1.29, 1.82) is 0 Å². The average molecular weight is 331 g/mol. The molecule has 2 saturated carbocycles. The van der Waals surface area contributed by atoms with Crippen LogP contribution in [0.1, 0.15) is 44.6 Å². The molecule has 0 saturated heterocycles. The summed E-state index contributed by atoms with van der Waals surface area (Å²) >= 11 is 5.74. The van der Waals surface area contributed by atoms with Gasteiger partial charge in [0.2, 0.25) is 0 Å². The summed E-state index contributed by atoms with van der Waals surface area (Å²) in [5, 5.41) is 3.42. The van der Waals surface area contributed by atoms with Gasteiger partial charge in [0.25, 0.3) is 0 Å². The van der Waals surface area contributed by atoms with Crippen LogP contribution in [0.15, 0.2) is 30.3 Å². The molecule has 3 atom stereocenters. The van der Waals surface area contributed by atoms with Gasteiger partial charge in [-0.1, -0.05) is 42.5 Å². The first kappa shape index (κ1) is 16.4. The van der Waals surface area contributed by atoms with Crippen LogP contribution < -0.4 is 5.32 Å². The van der Waals surface area contributed by atoms with Crippen molar-refractivity contribution < 1.29 is 9.53 Å². The lowest BCUT2D eigenvalue weighted by molar-refractivity contribution is -0.144. The van der Waals surface area contributed by atoms with E-state index >= 15 is 0 Å². The second-order valence-electron chi connectivity index (χ2n) is 6.94. The summed E-state index contributed by atoms with van der Waals surface area (Å²) in [6, 6.07) is 10.3. The Bertz CT molecular complexity index is 560. The Balaban J connectivity index is 1.67. The summed E-state index contributed by atoms with van der Waals surface area (Å²) in [4.78, 5) is 13.0. The van der Waals surface area contributed by atoms with Crippen LogP contribution in [-0.2, 0) is 16.1 Å². The number of esters is 1. The molecule has 2 aliphatic rings. The molecule has 2 fully saturated rings. The Morgan fingerprint density at radius 1 is 1.26 bits per heavy atom. The first-order chi connectivity index (χ1) is 11.1. The van der Waals surface area contributed by atoms with Crippen LogP contribution in [0.5, 0.6) is 0 Å². The minimum atomic E-state index is -0.192. The molecule has 1 N–H and O–H groups in total. The fraction of sp³-hybridized carbons (Fsp3) is 0.579. The van der Waals surface area contributed by atoms with Gasteiger partial charge >= 0.3 is 5.97 Å². The number of rotatable bonds is 6. The number of carbonyl (C=O) groups is 1. The molecule has 3 rings (SSSR count). The highest BCUT2D eigenvalue weighted by Crippen LogP contribution is 2.57. The summed E-state index contributed by atoms with van der Waals surface area (Å²) < 4.78 is 5.21. The van der Waals surface area contributed by atoms with Crippen LogP contribution in [0.3, 0.4) is 0 Å². The lowest BCUT2D eigenvalue weighted by Crippen LogP contribution is -2.39. The molecule has 23 heavy (non-hydrogen) atoms. The SMILES string of the molecule is CCOC(=O)C[C@@]1(C(=S)NCc2ccccc2)C[C@H]2CC[C@H]2C1. The van der Waals surface area contributed by atoms with Crippen molar-refractivity contribution in [3.05, 3.63) is 35.9 Å². The number of ether oxygens (including phenoxy) is 1. The topological polar surface area (TPSA) is 38.3 Å². The van der Waals surface area contributed by atoms with E-state index < -0.39 is 0 Å². The second kappa shape index (κ2) is 7.00. The molecule has 0 amide bonds. The number of nitrogens with one attached hydrogen (secondary N) is 1. The number of fused-ring (bicyclic) bond motifs is 1. The van der Waals surface area contributed by atoms with E-state index in [2.05, 4.69) is 17.4 Å². The Morgan fingerprint density at radius 2 is 1.91 bits per heavy atom. The van der Waals surface area contributed by atoms with Crippen molar-refractivity contribution in [2.75, 3.05) is 6.61 Å². The standard InChI is InChI=1S/C19H25NO2S/c1-2-22-17(21)12-19(10-15-8-9-16(15)11-19)18(23)20-13-14-6-4-3-5-7-14/h3-7,15-16H,2,8-13H2,1H3,(H,20,23)/t15-,16+,19-. The van der Waals surface area contributed by atoms with Crippen LogP contribution in [0.2, 0.25) is 0 Å². The van der Waals surface area contributed by atoms with Crippen LogP contribution in [0, 0.1) is 17.3 Å². The molecule has 1 aromatic rings. The summed E-state index contributed by atoms with van der Waals surface area (Å²) in [7, 11) is 0. The van der Waals surface area contributed by atoms with Crippen LogP contribution in [0.4, 0.5) is 0 Å². The number of hydrogen-bond donors (Lipinski definition) is 1. The van der Waals surface area contributed by atoms with E-state index in [1.54, 1.807) is 0 Å². The van der Waals surface area contributed by atoms with Gasteiger partial charge in [-0.25, -0.2) is 0 Å². The zero-order valence-corrected chi connectivity index (χ0v) is 14.5. The van der Waals surface area contributed by atoms with Gasteiger partial charge in [0.05, 0.1) is 18.0 Å². The predicted molar refractivity (Wildman–Crippen MR) is 95.0 cm³/mol. The molecule has 0 aromatic heterocycles. The van der Waals surface area contributed by atoms with Gasteiger partial charge in [0.1, 0.15) is 0 Å². The second-order valence-corrected chi connectivity index (χ2v) is 7.34. The van der Waals surface area contributed by atoms with Crippen molar-refractivity contribution in [1.82, 2.24) is 5.32 Å². The Labute approximate surface area is 143 Å². The van der Waals surface area contributed by atoms with Crippen LogP contribution in [0.25, 0.3) is 0 Å². The van der Waals surface area contributed by atoms with E-state index in [0.717, 1.165) is 36.2 Å². The van der Waals surface area contributed by atoms with Crippen molar-refractivity contribution in [3.8, 4) is 0 Å². The third-order valence-corrected chi connectivity index (χ3v) is 6.02. The van der Waals surface area contributed by atoms with Gasteiger partial charge in [-0.15, -0.1) is 0 Å². The first-order valence-corrected chi connectivity index (χ1v) is 9.01. The molecule has 0 aliphatic heterocycles. The fourth-order valence-corrected chi connectivity index (χ4v) is 4.44. The van der Waals surface area contributed by atoms with Gasteiger partial charge in [-0.3, -0.25) is 4.79 Å². The quantitative estimate of drug-likeness (QED) is 0.634.